The van der Waals surface area contributed by atoms with Gasteiger partial charge in [0.2, 0.25) is 0 Å². The predicted octanol–water partition coefficient (Wildman–Crippen LogP) is 3.91. The summed E-state index contributed by atoms with van der Waals surface area (Å²) in [5.41, 5.74) is 0.837. The summed E-state index contributed by atoms with van der Waals surface area (Å²) in [4.78, 5) is 14.9. The molecule has 2 nitrogen and oxygen atoms in total. The van der Waals surface area contributed by atoms with Crippen molar-refractivity contribution in [1.29, 1.82) is 0 Å². The summed E-state index contributed by atoms with van der Waals surface area (Å²) in [6.45, 7) is 5.20. The summed E-state index contributed by atoms with van der Waals surface area (Å²) in [7, 11) is 0. The minimum Gasteiger partial charge on any atom is -0.292 e. The first-order valence-corrected chi connectivity index (χ1v) is 7.59. The zero-order valence-electron chi connectivity index (χ0n) is 12.1. The third-order valence-electron chi connectivity index (χ3n) is 4.34. The molecule has 2 rings (SSSR count). The van der Waals surface area contributed by atoms with Crippen molar-refractivity contribution in [2.45, 2.75) is 58.0 Å². The van der Waals surface area contributed by atoms with Gasteiger partial charge >= 0.3 is 0 Å². The lowest BCUT2D eigenvalue weighted by Crippen LogP contribution is -2.46. The molecule has 0 radical (unpaired) electrons. The molecule has 0 aromatic heterocycles. The number of nitrogens with zero attached hydrogens (tertiary/aromatic N) is 1. The van der Waals surface area contributed by atoms with Crippen LogP contribution < -0.4 is 0 Å². The average molecular weight is 259 g/mol. The van der Waals surface area contributed by atoms with Crippen molar-refractivity contribution < 1.29 is 4.79 Å². The second-order valence-electron chi connectivity index (χ2n) is 5.53. The van der Waals surface area contributed by atoms with E-state index in [0.29, 0.717) is 6.04 Å². The maximum Gasteiger partial charge on any atom is 0.179 e. The van der Waals surface area contributed by atoms with Crippen LogP contribution in [0.1, 0.15) is 56.3 Å². The smallest absolute Gasteiger partial charge is 0.179 e. The Labute approximate surface area is 116 Å². The number of benzene rings is 1. The van der Waals surface area contributed by atoms with Crippen LogP contribution in [0.4, 0.5) is 0 Å². The quantitative estimate of drug-likeness (QED) is 0.747. The molecule has 1 saturated carbocycles. The number of ketones is 1. The van der Waals surface area contributed by atoms with E-state index >= 15 is 0 Å². The van der Waals surface area contributed by atoms with Crippen molar-refractivity contribution in [2.75, 3.05) is 6.54 Å². The molecule has 0 aliphatic heterocycles. The average Bonchev–Trinajstić information content (AvgIpc) is 2.49. The van der Waals surface area contributed by atoms with E-state index in [1.807, 2.05) is 30.3 Å². The Morgan fingerprint density at radius 2 is 1.84 bits per heavy atom. The van der Waals surface area contributed by atoms with Crippen molar-refractivity contribution >= 4 is 5.78 Å². The van der Waals surface area contributed by atoms with Gasteiger partial charge in [-0.1, -0.05) is 56.5 Å². The molecule has 1 fully saturated rings. The fourth-order valence-corrected chi connectivity index (χ4v) is 3.26. The lowest BCUT2D eigenvalue weighted by Gasteiger charge is -2.37. The largest absolute Gasteiger partial charge is 0.292 e. The van der Waals surface area contributed by atoms with Crippen LogP contribution in [0.2, 0.25) is 0 Å². The van der Waals surface area contributed by atoms with Crippen molar-refractivity contribution in [2.24, 2.45) is 0 Å². The van der Waals surface area contributed by atoms with Gasteiger partial charge in [0, 0.05) is 11.6 Å². The van der Waals surface area contributed by atoms with Crippen molar-refractivity contribution in [3.05, 3.63) is 35.9 Å². The molecule has 1 aliphatic rings. The van der Waals surface area contributed by atoms with E-state index in [0.717, 1.165) is 12.1 Å². The summed E-state index contributed by atoms with van der Waals surface area (Å²) in [6.07, 6.45) is 6.48. The number of hydrogen-bond acceptors (Lipinski definition) is 2. The van der Waals surface area contributed by atoms with Crippen LogP contribution in [-0.2, 0) is 0 Å². The second kappa shape index (κ2) is 6.85. The van der Waals surface area contributed by atoms with E-state index in [1.54, 1.807) is 0 Å². The summed E-state index contributed by atoms with van der Waals surface area (Å²) < 4.78 is 0. The summed E-state index contributed by atoms with van der Waals surface area (Å²) in [5, 5.41) is 0. The molecular weight excluding hydrogens is 234 g/mol. The lowest BCUT2D eigenvalue weighted by molar-refractivity contribution is 0.0718. The minimum atomic E-state index is -0.00417. The predicted molar refractivity (Wildman–Crippen MR) is 79.5 cm³/mol. The summed E-state index contributed by atoms with van der Waals surface area (Å²) in [6, 6.07) is 10.3. The maximum atomic E-state index is 12.5. The fraction of sp³-hybridized carbons (Fsp3) is 0.588. The number of carbonyl (C=O) groups excluding carboxylic acids is 1. The number of rotatable bonds is 5. The van der Waals surface area contributed by atoms with E-state index in [9.17, 15) is 4.79 Å². The highest BCUT2D eigenvalue weighted by Crippen LogP contribution is 2.25. The molecule has 0 amide bonds. The number of carbonyl (C=O) groups is 1. The molecule has 0 saturated heterocycles. The van der Waals surface area contributed by atoms with Crippen molar-refractivity contribution in [1.82, 2.24) is 4.90 Å². The third kappa shape index (κ3) is 3.44. The Morgan fingerprint density at radius 1 is 1.21 bits per heavy atom. The molecule has 1 aromatic carbocycles. The molecule has 19 heavy (non-hydrogen) atoms. The van der Waals surface area contributed by atoms with E-state index in [1.165, 1.54) is 32.1 Å². The summed E-state index contributed by atoms with van der Waals surface area (Å²) in [5.74, 6) is 0.257. The van der Waals surface area contributed by atoms with E-state index < -0.39 is 0 Å². The van der Waals surface area contributed by atoms with Crippen LogP contribution in [-0.4, -0.2) is 29.3 Å². The van der Waals surface area contributed by atoms with Gasteiger partial charge < -0.3 is 0 Å². The lowest BCUT2D eigenvalue weighted by atomic mass is 9.92. The Balaban J connectivity index is 2.07. The number of Topliss-reactive ketones (excluding diaryl/α,β-unsaturated/α-hetero) is 1. The van der Waals surface area contributed by atoms with Gasteiger partial charge in [0.15, 0.2) is 5.78 Å². The van der Waals surface area contributed by atoms with Crippen molar-refractivity contribution in [3.8, 4) is 0 Å². The van der Waals surface area contributed by atoms with Gasteiger partial charge in [-0.05, 0) is 26.3 Å². The molecule has 1 aromatic rings. The van der Waals surface area contributed by atoms with Gasteiger partial charge in [0.1, 0.15) is 0 Å². The molecule has 0 bridgehead atoms. The molecular formula is C17H25NO. The number of likely N-dealkylation sites (N-methyl/N-ethyl adjacent to an activating group) is 1. The Bertz CT molecular complexity index is 395. The van der Waals surface area contributed by atoms with E-state index in [-0.39, 0.29) is 11.8 Å². The highest BCUT2D eigenvalue weighted by Gasteiger charge is 2.28. The summed E-state index contributed by atoms with van der Waals surface area (Å²) >= 11 is 0. The number of hydrogen-bond donors (Lipinski definition) is 0. The molecule has 104 valence electrons. The second-order valence-corrected chi connectivity index (χ2v) is 5.53. The zero-order valence-corrected chi connectivity index (χ0v) is 12.1. The van der Waals surface area contributed by atoms with Gasteiger partial charge in [0.25, 0.3) is 0 Å². The van der Waals surface area contributed by atoms with Crippen LogP contribution in [0.3, 0.4) is 0 Å². The molecule has 1 atom stereocenters. The monoisotopic (exact) mass is 259 g/mol. The third-order valence-corrected chi connectivity index (χ3v) is 4.34. The first-order chi connectivity index (χ1) is 9.24. The van der Waals surface area contributed by atoms with Gasteiger partial charge in [-0.15, -0.1) is 0 Å². The molecule has 2 heteroatoms. The Morgan fingerprint density at radius 3 is 2.42 bits per heavy atom. The molecule has 0 heterocycles. The normalized spacial score (nSPS) is 18.5. The van der Waals surface area contributed by atoms with Crippen LogP contribution in [0.5, 0.6) is 0 Å². The van der Waals surface area contributed by atoms with Gasteiger partial charge in [-0.25, -0.2) is 0 Å². The van der Waals surface area contributed by atoms with E-state index in [2.05, 4.69) is 18.7 Å². The highest BCUT2D eigenvalue weighted by molar-refractivity contribution is 5.99. The fourth-order valence-electron chi connectivity index (χ4n) is 3.26. The standard InChI is InChI=1S/C17H25NO/c1-3-18(16-12-8-5-9-13-16)14(2)17(19)15-10-6-4-7-11-15/h4,6-7,10-11,14,16H,3,5,8-9,12-13H2,1-2H3. The first kappa shape index (κ1) is 14.3. The van der Waals surface area contributed by atoms with Gasteiger partial charge in [-0.3, -0.25) is 9.69 Å². The SMILES string of the molecule is CCN(C1CCCCC1)C(C)C(=O)c1ccccc1. The van der Waals surface area contributed by atoms with Crippen molar-refractivity contribution in [3.63, 3.8) is 0 Å². The molecule has 0 spiro atoms. The van der Waals surface area contributed by atoms with E-state index in [4.69, 9.17) is 0 Å². The maximum absolute atomic E-state index is 12.5. The molecule has 1 aliphatic carbocycles. The van der Waals surface area contributed by atoms with Crippen LogP contribution >= 0.6 is 0 Å². The topological polar surface area (TPSA) is 20.3 Å². The van der Waals surface area contributed by atoms with Gasteiger partial charge in [0.05, 0.1) is 6.04 Å². The van der Waals surface area contributed by atoms with Gasteiger partial charge in [-0.2, -0.15) is 0 Å². The first-order valence-electron chi connectivity index (χ1n) is 7.59. The minimum absolute atomic E-state index is 0.00417. The van der Waals surface area contributed by atoms with Crippen LogP contribution in [0.25, 0.3) is 0 Å². The Hall–Kier alpha value is -1.15. The Kier molecular flexibility index (Phi) is 5.15. The zero-order chi connectivity index (χ0) is 13.7. The van der Waals surface area contributed by atoms with Crippen LogP contribution in [0.15, 0.2) is 30.3 Å². The van der Waals surface area contributed by atoms with Crippen LogP contribution in [0, 0.1) is 0 Å². The highest BCUT2D eigenvalue weighted by atomic mass is 16.1. The molecule has 0 N–H and O–H groups in total. The molecule has 1 unspecified atom stereocenters.